The Labute approximate surface area is 99.4 Å². The number of ketones is 1. The molecule has 1 rings (SSSR count). The van der Waals surface area contributed by atoms with Crippen molar-refractivity contribution in [3.63, 3.8) is 0 Å². The third kappa shape index (κ3) is 3.82. The second-order valence-corrected chi connectivity index (χ2v) is 4.12. The van der Waals surface area contributed by atoms with Gasteiger partial charge < -0.3 is 5.73 Å². The van der Waals surface area contributed by atoms with Gasteiger partial charge in [0.1, 0.15) is 5.78 Å². The maximum atomic E-state index is 11.5. The lowest BCUT2D eigenvalue weighted by Crippen LogP contribution is -2.07. The molecular weight excluding hydrogens is 233 g/mol. The number of benzene rings is 1. The topological polar surface area (TPSA) is 43.1 Å². The molecule has 0 radical (unpaired) electrons. The Morgan fingerprint density at radius 2 is 1.87 bits per heavy atom. The molecule has 0 fully saturated rings. The molecular formula is C11H13Cl2NO. The van der Waals surface area contributed by atoms with Gasteiger partial charge in [0.25, 0.3) is 0 Å². The molecule has 0 aromatic heterocycles. The zero-order valence-corrected chi connectivity index (χ0v) is 9.81. The molecule has 2 nitrogen and oxygen atoms in total. The van der Waals surface area contributed by atoms with Crippen molar-refractivity contribution in [1.29, 1.82) is 0 Å². The molecule has 82 valence electrons. The first-order valence-electron chi connectivity index (χ1n) is 4.80. The molecule has 0 aliphatic heterocycles. The Morgan fingerprint density at radius 3 is 2.40 bits per heavy atom. The second-order valence-electron chi connectivity index (χ2n) is 3.31. The van der Waals surface area contributed by atoms with Crippen molar-refractivity contribution in [2.45, 2.75) is 19.3 Å². The highest BCUT2D eigenvalue weighted by molar-refractivity contribution is 6.36. The van der Waals surface area contributed by atoms with Gasteiger partial charge in [-0.25, -0.2) is 0 Å². The highest BCUT2D eigenvalue weighted by atomic mass is 35.5. The molecule has 0 atom stereocenters. The molecule has 2 N–H and O–H groups in total. The highest BCUT2D eigenvalue weighted by Crippen LogP contribution is 2.25. The highest BCUT2D eigenvalue weighted by Gasteiger charge is 2.10. The maximum Gasteiger partial charge on any atom is 0.137 e. The van der Waals surface area contributed by atoms with Crippen LogP contribution >= 0.6 is 23.2 Å². The zero-order valence-electron chi connectivity index (χ0n) is 8.30. The van der Waals surface area contributed by atoms with E-state index in [-0.39, 0.29) is 5.78 Å². The van der Waals surface area contributed by atoms with Crippen molar-refractivity contribution < 1.29 is 4.79 Å². The number of halogens is 2. The van der Waals surface area contributed by atoms with Gasteiger partial charge in [0.15, 0.2) is 0 Å². The number of carbonyl (C=O) groups excluding carboxylic acids is 1. The average Bonchev–Trinajstić information content (AvgIpc) is 2.21. The predicted molar refractivity (Wildman–Crippen MR) is 63.5 cm³/mol. The van der Waals surface area contributed by atoms with Gasteiger partial charge in [0.2, 0.25) is 0 Å². The minimum atomic E-state index is 0.121. The van der Waals surface area contributed by atoms with Crippen molar-refractivity contribution in [1.82, 2.24) is 0 Å². The lowest BCUT2D eigenvalue weighted by atomic mass is 10.1. The standard InChI is InChI=1S/C11H13Cl2NO/c12-10-4-1-5-11(13)9(10)7-8(15)3-2-6-14/h1,4-5H,2-3,6-7,14H2. The molecule has 15 heavy (non-hydrogen) atoms. The number of carbonyl (C=O) groups is 1. The summed E-state index contributed by atoms with van der Waals surface area (Å²) in [6.07, 6.45) is 1.48. The van der Waals surface area contributed by atoms with Gasteiger partial charge in [-0.2, -0.15) is 0 Å². The minimum Gasteiger partial charge on any atom is -0.330 e. The second kappa shape index (κ2) is 6.11. The van der Waals surface area contributed by atoms with E-state index in [1.54, 1.807) is 18.2 Å². The van der Waals surface area contributed by atoms with Crippen molar-refractivity contribution in [2.24, 2.45) is 5.73 Å². The van der Waals surface area contributed by atoms with E-state index >= 15 is 0 Å². The number of rotatable bonds is 5. The Morgan fingerprint density at radius 1 is 1.27 bits per heavy atom. The quantitative estimate of drug-likeness (QED) is 0.868. The van der Waals surface area contributed by atoms with E-state index in [9.17, 15) is 4.79 Å². The molecule has 0 heterocycles. The van der Waals surface area contributed by atoms with Crippen LogP contribution in [0.1, 0.15) is 18.4 Å². The van der Waals surface area contributed by atoms with Gasteiger partial charge >= 0.3 is 0 Å². The third-order valence-corrected chi connectivity index (χ3v) is 2.80. The molecule has 0 unspecified atom stereocenters. The van der Waals surface area contributed by atoms with Gasteiger partial charge in [0, 0.05) is 22.9 Å². The number of hydrogen-bond acceptors (Lipinski definition) is 2. The van der Waals surface area contributed by atoms with Crippen LogP contribution in [0.3, 0.4) is 0 Å². The Kier molecular flexibility index (Phi) is 5.09. The van der Waals surface area contributed by atoms with Gasteiger partial charge in [-0.3, -0.25) is 4.79 Å². The van der Waals surface area contributed by atoms with Crippen LogP contribution in [0.5, 0.6) is 0 Å². The fourth-order valence-electron chi connectivity index (χ4n) is 1.29. The first-order valence-corrected chi connectivity index (χ1v) is 5.55. The fourth-order valence-corrected chi connectivity index (χ4v) is 1.82. The Bertz CT molecular complexity index is 332. The van der Waals surface area contributed by atoms with Crippen LogP contribution in [0.4, 0.5) is 0 Å². The molecule has 0 spiro atoms. The van der Waals surface area contributed by atoms with Gasteiger partial charge in [-0.1, -0.05) is 29.3 Å². The Hall–Kier alpha value is -0.570. The molecule has 0 bridgehead atoms. The summed E-state index contributed by atoms with van der Waals surface area (Å²) in [7, 11) is 0. The van der Waals surface area contributed by atoms with Crippen LogP contribution in [0, 0.1) is 0 Å². The number of hydrogen-bond donors (Lipinski definition) is 1. The molecule has 4 heteroatoms. The fraction of sp³-hybridized carbons (Fsp3) is 0.364. The average molecular weight is 246 g/mol. The summed E-state index contributed by atoms with van der Waals surface area (Å²) in [5, 5.41) is 1.09. The SMILES string of the molecule is NCCCC(=O)Cc1c(Cl)cccc1Cl. The van der Waals surface area contributed by atoms with Crippen molar-refractivity contribution in [2.75, 3.05) is 6.54 Å². The van der Waals surface area contributed by atoms with Gasteiger partial charge in [-0.05, 0) is 30.7 Å². The van der Waals surface area contributed by atoms with Gasteiger partial charge in [0.05, 0.1) is 0 Å². The van der Waals surface area contributed by atoms with E-state index < -0.39 is 0 Å². The van der Waals surface area contributed by atoms with E-state index in [0.29, 0.717) is 41.4 Å². The van der Waals surface area contributed by atoms with Crippen LogP contribution in [-0.4, -0.2) is 12.3 Å². The van der Waals surface area contributed by atoms with Crippen LogP contribution in [-0.2, 0) is 11.2 Å². The monoisotopic (exact) mass is 245 g/mol. The molecule has 0 aliphatic rings. The smallest absolute Gasteiger partial charge is 0.137 e. The molecule has 0 amide bonds. The maximum absolute atomic E-state index is 11.5. The lowest BCUT2D eigenvalue weighted by Gasteiger charge is -2.05. The van der Waals surface area contributed by atoms with Crippen molar-refractivity contribution in [3.8, 4) is 0 Å². The summed E-state index contributed by atoms with van der Waals surface area (Å²) < 4.78 is 0. The van der Waals surface area contributed by atoms with Crippen molar-refractivity contribution in [3.05, 3.63) is 33.8 Å². The first kappa shape index (κ1) is 12.5. The predicted octanol–water partition coefficient (Wildman–Crippen LogP) is 2.84. The summed E-state index contributed by atoms with van der Waals surface area (Å²) in [4.78, 5) is 11.5. The van der Waals surface area contributed by atoms with Crippen LogP contribution in [0.2, 0.25) is 10.0 Å². The van der Waals surface area contributed by atoms with Crippen molar-refractivity contribution >= 4 is 29.0 Å². The molecule has 1 aromatic rings. The molecule has 0 saturated heterocycles. The molecule has 1 aromatic carbocycles. The summed E-state index contributed by atoms with van der Waals surface area (Å²) in [5.74, 6) is 0.121. The summed E-state index contributed by atoms with van der Waals surface area (Å²) in [5.41, 5.74) is 6.04. The van der Waals surface area contributed by atoms with E-state index in [2.05, 4.69) is 0 Å². The summed E-state index contributed by atoms with van der Waals surface area (Å²) in [6.45, 7) is 0.530. The third-order valence-electron chi connectivity index (χ3n) is 2.10. The first-order chi connectivity index (χ1) is 7.15. The van der Waals surface area contributed by atoms with Crippen LogP contribution in [0.25, 0.3) is 0 Å². The molecule has 0 aliphatic carbocycles. The largest absolute Gasteiger partial charge is 0.330 e. The van der Waals surface area contributed by atoms with E-state index in [4.69, 9.17) is 28.9 Å². The number of Topliss-reactive ketones (excluding diaryl/α,β-unsaturated/α-hetero) is 1. The Balaban J connectivity index is 2.68. The molecule has 0 saturated carbocycles. The van der Waals surface area contributed by atoms with Gasteiger partial charge in [-0.15, -0.1) is 0 Å². The van der Waals surface area contributed by atoms with E-state index in [1.165, 1.54) is 0 Å². The number of nitrogens with two attached hydrogens (primary N) is 1. The minimum absolute atomic E-state index is 0.121. The van der Waals surface area contributed by atoms with E-state index in [0.717, 1.165) is 0 Å². The lowest BCUT2D eigenvalue weighted by molar-refractivity contribution is -0.118. The van der Waals surface area contributed by atoms with E-state index in [1.807, 2.05) is 0 Å². The zero-order chi connectivity index (χ0) is 11.3. The summed E-state index contributed by atoms with van der Waals surface area (Å²) in [6, 6.07) is 5.23. The normalized spacial score (nSPS) is 10.3. The summed E-state index contributed by atoms with van der Waals surface area (Å²) >= 11 is 11.9. The van der Waals surface area contributed by atoms with Crippen LogP contribution < -0.4 is 5.73 Å². The van der Waals surface area contributed by atoms with Crippen LogP contribution in [0.15, 0.2) is 18.2 Å².